The van der Waals surface area contributed by atoms with E-state index in [2.05, 4.69) is 25.7 Å². The monoisotopic (exact) mass is 173 g/mol. The standard InChI is InChI=1S/C10H20FN/c1-10(2,3)12(7-6-11)8-9-4-5-9/h9H,4-8H2,1-3H3. The fraction of sp³-hybridized carbons (Fsp3) is 1.00. The molecule has 1 aliphatic carbocycles. The van der Waals surface area contributed by atoms with Crippen LogP contribution in [-0.4, -0.2) is 30.2 Å². The van der Waals surface area contributed by atoms with Gasteiger partial charge in [-0.1, -0.05) is 0 Å². The zero-order chi connectivity index (χ0) is 9.19. The van der Waals surface area contributed by atoms with Crippen molar-refractivity contribution < 1.29 is 4.39 Å². The highest BCUT2D eigenvalue weighted by molar-refractivity contribution is 4.83. The zero-order valence-electron chi connectivity index (χ0n) is 8.44. The summed E-state index contributed by atoms with van der Waals surface area (Å²) < 4.78 is 12.2. The van der Waals surface area contributed by atoms with Crippen LogP contribution in [0.5, 0.6) is 0 Å². The second kappa shape index (κ2) is 3.73. The molecule has 0 aliphatic heterocycles. The van der Waals surface area contributed by atoms with Gasteiger partial charge in [-0.25, -0.2) is 4.39 Å². The fourth-order valence-electron chi connectivity index (χ4n) is 1.41. The summed E-state index contributed by atoms with van der Waals surface area (Å²) in [6.07, 6.45) is 2.69. The molecule has 0 bridgehead atoms. The number of hydrogen-bond donors (Lipinski definition) is 0. The quantitative estimate of drug-likeness (QED) is 0.631. The van der Waals surface area contributed by atoms with E-state index in [0.717, 1.165) is 12.5 Å². The molecule has 0 radical (unpaired) electrons. The van der Waals surface area contributed by atoms with Gasteiger partial charge in [0.2, 0.25) is 0 Å². The topological polar surface area (TPSA) is 3.24 Å². The van der Waals surface area contributed by atoms with Crippen LogP contribution in [0.25, 0.3) is 0 Å². The van der Waals surface area contributed by atoms with Crippen LogP contribution in [0.2, 0.25) is 0 Å². The van der Waals surface area contributed by atoms with Gasteiger partial charge in [0.05, 0.1) is 0 Å². The Morgan fingerprint density at radius 3 is 2.25 bits per heavy atom. The van der Waals surface area contributed by atoms with Gasteiger partial charge in [0, 0.05) is 18.6 Å². The van der Waals surface area contributed by atoms with E-state index in [1.807, 2.05) is 0 Å². The third-order valence-corrected chi connectivity index (χ3v) is 2.48. The van der Waals surface area contributed by atoms with E-state index in [0.29, 0.717) is 6.54 Å². The summed E-state index contributed by atoms with van der Waals surface area (Å²) in [5.74, 6) is 0.857. The van der Waals surface area contributed by atoms with Gasteiger partial charge < -0.3 is 0 Å². The minimum atomic E-state index is -0.218. The minimum Gasteiger partial charge on any atom is -0.296 e. The van der Waals surface area contributed by atoms with Crippen molar-refractivity contribution in [3.05, 3.63) is 0 Å². The predicted octanol–water partition coefficient (Wildman–Crippen LogP) is 2.47. The number of alkyl halides is 1. The van der Waals surface area contributed by atoms with E-state index in [-0.39, 0.29) is 12.2 Å². The predicted molar refractivity (Wildman–Crippen MR) is 50.0 cm³/mol. The molecule has 0 spiro atoms. The second-order valence-electron chi connectivity index (χ2n) is 4.75. The third-order valence-electron chi connectivity index (χ3n) is 2.48. The molecule has 0 saturated heterocycles. The fourth-order valence-corrected chi connectivity index (χ4v) is 1.41. The van der Waals surface area contributed by atoms with Crippen LogP contribution >= 0.6 is 0 Å². The molecule has 1 saturated carbocycles. The summed E-state index contributed by atoms with van der Waals surface area (Å²) >= 11 is 0. The van der Waals surface area contributed by atoms with Crippen LogP contribution in [0.1, 0.15) is 33.6 Å². The Balaban J connectivity index is 2.35. The van der Waals surface area contributed by atoms with Crippen LogP contribution in [0.3, 0.4) is 0 Å². The van der Waals surface area contributed by atoms with Crippen molar-refractivity contribution in [2.75, 3.05) is 19.8 Å². The molecule has 0 N–H and O–H groups in total. The Morgan fingerprint density at radius 1 is 1.33 bits per heavy atom. The largest absolute Gasteiger partial charge is 0.296 e. The molecule has 0 amide bonds. The second-order valence-corrected chi connectivity index (χ2v) is 4.75. The maximum atomic E-state index is 12.2. The Morgan fingerprint density at radius 2 is 1.92 bits per heavy atom. The molecule has 0 atom stereocenters. The van der Waals surface area contributed by atoms with Crippen molar-refractivity contribution in [1.29, 1.82) is 0 Å². The van der Waals surface area contributed by atoms with Crippen molar-refractivity contribution in [1.82, 2.24) is 4.90 Å². The van der Waals surface area contributed by atoms with Crippen LogP contribution in [0.15, 0.2) is 0 Å². The summed E-state index contributed by atoms with van der Waals surface area (Å²) in [5, 5.41) is 0. The molecule has 0 aromatic heterocycles. The van der Waals surface area contributed by atoms with Gasteiger partial charge in [0.15, 0.2) is 0 Å². The molecule has 0 aromatic carbocycles. The summed E-state index contributed by atoms with van der Waals surface area (Å²) in [5.41, 5.74) is 0.134. The van der Waals surface area contributed by atoms with Gasteiger partial charge in [-0.15, -0.1) is 0 Å². The zero-order valence-corrected chi connectivity index (χ0v) is 8.44. The minimum absolute atomic E-state index is 0.134. The van der Waals surface area contributed by atoms with Gasteiger partial charge in [0.25, 0.3) is 0 Å². The summed E-state index contributed by atoms with van der Waals surface area (Å²) in [4.78, 5) is 2.25. The van der Waals surface area contributed by atoms with E-state index in [1.54, 1.807) is 0 Å². The molecule has 0 heterocycles. The lowest BCUT2D eigenvalue weighted by Crippen LogP contribution is -2.43. The van der Waals surface area contributed by atoms with E-state index in [9.17, 15) is 4.39 Å². The average Bonchev–Trinajstić information content (AvgIpc) is 2.68. The molecule has 2 heteroatoms. The van der Waals surface area contributed by atoms with E-state index >= 15 is 0 Å². The maximum absolute atomic E-state index is 12.2. The average molecular weight is 173 g/mol. The summed E-state index contributed by atoms with van der Waals surface area (Å²) in [6.45, 7) is 7.94. The van der Waals surface area contributed by atoms with Crippen molar-refractivity contribution in [3.8, 4) is 0 Å². The Bertz CT molecular complexity index is 135. The smallest absolute Gasteiger partial charge is 0.102 e. The lowest BCUT2D eigenvalue weighted by molar-refractivity contribution is 0.120. The molecule has 1 nitrogen and oxygen atoms in total. The first-order chi connectivity index (χ1) is 5.54. The van der Waals surface area contributed by atoms with Crippen molar-refractivity contribution in [2.45, 2.75) is 39.2 Å². The first kappa shape index (κ1) is 9.97. The molecule has 0 unspecified atom stereocenters. The van der Waals surface area contributed by atoms with Crippen LogP contribution < -0.4 is 0 Å². The van der Waals surface area contributed by atoms with Crippen LogP contribution in [0.4, 0.5) is 4.39 Å². The Hall–Kier alpha value is -0.110. The van der Waals surface area contributed by atoms with Crippen LogP contribution in [-0.2, 0) is 0 Å². The molecule has 0 aromatic rings. The van der Waals surface area contributed by atoms with Gasteiger partial charge in [0.1, 0.15) is 6.67 Å². The summed E-state index contributed by atoms with van der Waals surface area (Å²) in [7, 11) is 0. The molecule has 12 heavy (non-hydrogen) atoms. The van der Waals surface area contributed by atoms with E-state index < -0.39 is 0 Å². The summed E-state index contributed by atoms with van der Waals surface area (Å²) in [6, 6.07) is 0. The molecule has 72 valence electrons. The molecule has 1 aliphatic rings. The molecule has 1 fully saturated rings. The molecule has 1 rings (SSSR count). The lowest BCUT2D eigenvalue weighted by Gasteiger charge is -2.35. The Kier molecular flexibility index (Phi) is 3.10. The van der Waals surface area contributed by atoms with Crippen molar-refractivity contribution in [2.24, 2.45) is 5.92 Å². The van der Waals surface area contributed by atoms with Gasteiger partial charge >= 0.3 is 0 Å². The highest BCUT2D eigenvalue weighted by atomic mass is 19.1. The maximum Gasteiger partial charge on any atom is 0.102 e. The first-order valence-electron chi connectivity index (χ1n) is 4.85. The lowest BCUT2D eigenvalue weighted by atomic mass is 10.1. The van der Waals surface area contributed by atoms with Gasteiger partial charge in [-0.05, 0) is 39.5 Å². The molecular weight excluding hydrogens is 153 g/mol. The van der Waals surface area contributed by atoms with Crippen LogP contribution in [0, 0.1) is 5.92 Å². The highest BCUT2D eigenvalue weighted by Crippen LogP contribution is 2.31. The third kappa shape index (κ3) is 3.10. The number of rotatable bonds is 4. The van der Waals surface area contributed by atoms with E-state index in [1.165, 1.54) is 12.8 Å². The normalized spacial score (nSPS) is 18.8. The molecular formula is C10H20FN. The highest BCUT2D eigenvalue weighted by Gasteiger charge is 2.29. The van der Waals surface area contributed by atoms with Crippen molar-refractivity contribution in [3.63, 3.8) is 0 Å². The van der Waals surface area contributed by atoms with Gasteiger partial charge in [-0.3, -0.25) is 4.90 Å². The number of hydrogen-bond acceptors (Lipinski definition) is 1. The number of halogens is 1. The number of nitrogens with zero attached hydrogens (tertiary/aromatic N) is 1. The SMILES string of the molecule is CC(C)(C)N(CCF)CC1CC1. The van der Waals surface area contributed by atoms with Crippen molar-refractivity contribution >= 4 is 0 Å². The van der Waals surface area contributed by atoms with Gasteiger partial charge in [-0.2, -0.15) is 0 Å². The first-order valence-corrected chi connectivity index (χ1v) is 4.85. The Labute approximate surface area is 74.9 Å². The van der Waals surface area contributed by atoms with E-state index in [4.69, 9.17) is 0 Å².